The number of nitrogens with one attached hydrogen (secondary N) is 2. The molecule has 0 unspecified atom stereocenters. The quantitative estimate of drug-likeness (QED) is 0.756. The molecule has 4 rings (SSSR count). The van der Waals surface area contributed by atoms with Gasteiger partial charge in [-0.05, 0) is 74.1 Å². The van der Waals surface area contributed by atoms with Crippen molar-refractivity contribution in [2.75, 3.05) is 27.2 Å². The molecule has 1 aliphatic heterocycles. The number of fused-ring (bicyclic) bond motifs is 1. The standard InChI is InChI=1S/C21H26N4O/c1-24(2)14-18-4-6-20(23-18)21(26)25-11-8-15(9-12-25)16-3-5-19-17(13-16)7-10-22-19/h3-7,10,13,15,22-23H,8-9,11-12,14H2,1-2H3. The van der Waals surface area contributed by atoms with Crippen molar-refractivity contribution in [1.29, 1.82) is 0 Å². The van der Waals surface area contributed by atoms with Crippen molar-refractivity contribution >= 4 is 16.8 Å². The first-order valence-corrected chi connectivity index (χ1v) is 9.29. The highest BCUT2D eigenvalue weighted by atomic mass is 16.2. The molecule has 1 aromatic carbocycles. The molecule has 1 aliphatic rings. The van der Waals surface area contributed by atoms with Gasteiger partial charge in [-0.15, -0.1) is 0 Å². The number of nitrogens with zero attached hydrogens (tertiary/aromatic N) is 2. The van der Waals surface area contributed by atoms with E-state index in [1.807, 2.05) is 37.3 Å². The van der Waals surface area contributed by atoms with Gasteiger partial charge < -0.3 is 19.8 Å². The third-order valence-electron chi connectivity index (χ3n) is 5.29. The normalized spacial score (nSPS) is 15.9. The number of benzene rings is 1. The third-order valence-corrected chi connectivity index (χ3v) is 5.29. The number of piperidine rings is 1. The van der Waals surface area contributed by atoms with Crippen LogP contribution in [0.5, 0.6) is 0 Å². The predicted molar refractivity (Wildman–Crippen MR) is 104 cm³/mol. The smallest absolute Gasteiger partial charge is 0.270 e. The van der Waals surface area contributed by atoms with Gasteiger partial charge in [0.2, 0.25) is 0 Å². The second-order valence-electron chi connectivity index (χ2n) is 7.53. The summed E-state index contributed by atoms with van der Waals surface area (Å²) < 4.78 is 0. The van der Waals surface area contributed by atoms with Crippen LogP contribution >= 0.6 is 0 Å². The zero-order chi connectivity index (χ0) is 18.1. The molecule has 0 saturated carbocycles. The van der Waals surface area contributed by atoms with Crippen molar-refractivity contribution in [2.45, 2.75) is 25.3 Å². The van der Waals surface area contributed by atoms with E-state index in [9.17, 15) is 4.79 Å². The molecule has 0 aliphatic carbocycles. The van der Waals surface area contributed by atoms with E-state index in [-0.39, 0.29) is 5.91 Å². The van der Waals surface area contributed by atoms with Crippen molar-refractivity contribution in [3.05, 3.63) is 59.5 Å². The van der Waals surface area contributed by atoms with Gasteiger partial charge in [0.25, 0.3) is 5.91 Å². The van der Waals surface area contributed by atoms with Crippen LogP contribution in [0.3, 0.4) is 0 Å². The summed E-state index contributed by atoms with van der Waals surface area (Å²) in [6.45, 7) is 2.45. The number of hydrogen-bond acceptors (Lipinski definition) is 2. The molecule has 5 heteroatoms. The summed E-state index contributed by atoms with van der Waals surface area (Å²) in [4.78, 5) is 23.3. The fourth-order valence-electron chi connectivity index (χ4n) is 3.91. The van der Waals surface area contributed by atoms with Gasteiger partial charge in [0.05, 0.1) is 0 Å². The number of hydrogen-bond donors (Lipinski definition) is 2. The highest BCUT2D eigenvalue weighted by Gasteiger charge is 2.25. The van der Waals surface area contributed by atoms with E-state index in [0.29, 0.717) is 11.6 Å². The summed E-state index contributed by atoms with van der Waals surface area (Å²) in [6.07, 6.45) is 4.02. The van der Waals surface area contributed by atoms with Crippen LogP contribution in [-0.4, -0.2) is 52.9 Å². The van der Waals surface area contributed by atoms with Gasteiger partial charge in [-0.3, -0.25) is 4.79 Å². The predicted octanol–water partition coefficient (Wildman–Crippen LogP) is 3.58. The number of carbonyl (C=O) groups excluding carboxylic acids is 1. The molecule has 0 atom stereocenters. The summed E-state index contributed by atoms with van der Waals surface area (Å²) in [5, 5.41) is 1.26. The lowest BCUT2D eigenvalue weighted by atomic mass is 9.89. The Kier molecular flexibility index (Phi) is 4.55. The van der Waals surface area contributed by atoms with Crippen molar-refractivity contribution in [3.63, 3.8) is 0 Å². The Morgan fingerprint density at radius 1 is 1.15 bits per heavy atom. The van der Waals surface area contributed by atoms with Crippen LogP contribution < -0.4 is 0 Å². The van der Waals surface area contributed by atoms with E-state index in [0.717, 1.165) is 38.2 Å². The fraction of sp³-hybridized carbons (Fsp3) is 0.381. The number of carbonyl (C=O) groups is 1. The van der Waals surface area contributed by atoms with Gasteiger partial charge in [-0.2, -0.15) is 0 Å². The molecule has 0 bridgehead atoms. The van der Waals surface area contributed by atoms with E-state index in [1.54, 1.807) is 0 Å². The number of likely N-dealkylation sites (tertiary alicyclic amines) is 1. The zero-order valence-corrected chi connectivity index (χ0v) is 15.5. The minimum Gasteiger partial charge on any atom is -0.361 e. The topological polar surface area (TPSA) is 55.1 Å². The molecule has 3 aromatic rings. The number of rotatable bonds is 4. The highest BCUT2D eigenvalue weighted by molar-refractivity contribution is 5.92. The molecule has 26 heavy (non-hydrogen) atoms. The summed E-state index contributed by atoms with van der Waals surface area (Å²) >= 11 is 0. The van der Waals surface area contributed by atoms with Crippen molar-refractivity contribution in [3.8, 4) is 0 Å². The third kappa shape index (κ3) is 3.40. The molecule has 1 saturated heterocycles. The first kappa shape index (κ1) is 16.9. The van der Waals surface area contributed by atoms with Crippen molar-refractivity contribution in [2.24, 2.45) is 0 Å². The van der Waals surface area contributed by atoms with Crippen LogP contribution in [0, 0.1) is 0 Å². The SMILES string of the molecule is CN(C)Cc1ccc(C(=O)N2CCC(c3ccc4[nH]ccc4c3)CC2)[nH]1. The largest absolute Gasteiger partial charge is 0.361 e. The number of aromatic nitrogens is 2. The first-order chi connectivity index (χ1) is 12.6. The van der Waals surface area contributed by atoms with Crippen LogP contribution in [0.15, 0.2) is 42.6 Å². The Morgan fingerprint density at radius 3 is 2.73 bits per heavy atom. The van der Waals surface area contributed by atoms with Crippen molar-refractivity contribution in [1.82, 2.24) is 19.8 Å². The van der Waals surface area contributed by atoms with Gasteiger partial charge in [0, 0.05) is 37.0 Å². The average Bonchev–Trinajstić information content (AvgIpc) is 3.29. The minimum absolute atomic E-state index is 0.120. The maximum atomic E-state index is 12.8. The van der Waals surface area contributed by atoms with Gasteiger partial charge in [0.15, 0.2) is 0 Å². The van der Waals surface area contributed by atoms with Crippen LogP contribution in [0.4, 0.5) is 0 Å². The Balaban J connectivity index is 1.39. The van der Waals surface area contributed by atoms with Gasteiger partial charge in [-0.25, -0.2) is 0 Å². The average molecular weight is 350 g/mol. The van der Waals surface area contributed by atoms with Crippen LogP contribution in [0.25, 0.3) is 10.9 Å². The Labute approximate surface area is 154 Å². The van der Waals surface area contributed by atoms with Gasteiger partial charge >= 0.3 is 0 Å². The summed E-state index contributed by atoms with van der Waals surface area (Å²) in [6, 6.07) is 12.7. The summed E-state index contributed by atoms with van der Waals surface area (Å²) in [7, 11) is 4.05. The monoisotopic (exact) mass is 350 g/mol. The Morgan fingerprint density at radius 2 is 1.96 bits per heavy atom. The molecule has 2 N–H and O–H groups in total. The molecule has 5 nitrogen and oxygen atoms in total. The molecule has 136 valence electrons. The minimum atomic E-state index is 0.120. The molecule has 2 aromatic heterocycles. The second kappa shape index (κ2) is 7.00. The number of amides is 1. The maximum Gasteiger partial charge on any atom is 0.270 e. The van der Waals surface area contributed by atoms with E-state index >= 15 is 0 Å². The number of aromatic amines is 2. The molecule has 1 fully saturated rings. The highest BCUT2D eigenvalue weighted by Crippen LogP contribution is 2.30. The molecular weight excluding hydrogens is 324 g/mol. The lowest BCUT2D eigenvalue weighted by Gasteiger charge is -2.32. The van der Waals surface area contributed by atoms with Crippen LogP contribution in [0.1, 0.15) is 40.5 Å². The van der Waals surface area contributed by atoms with E-state index in [2.05, 4.69) is 39.1 Å². The van der Waals surface area contributed by atoms with Crippen molar-refractivity contribution < 1.29 is 4.79 Å². The van der Waals surface area contributed by atoms with Gasteiger partial charge in [-0.1, -0.05) is 6.07 Å². The lowest BCUT2D eigenvalue weighted by molar-refractivity contribution is 0.0707. The lowest BCUT2D eigenvalue weighted by Crippen LogP contribution is -2.38. The first-order valence-electron chi connectivity index (χ1n) is 9.29. The van der Waals surface area contributed by atoms with E-state index in [4.69, 9.17) is 0 Å². The second-order valence-corrected chi connectivity index (χ2v) is 7.53. The Bertz CT molecular complexity index is 900. The number of H-pyrrole nitrogens is 2. The van der Waals surface area contributed by atoms with E-state index in [1.165, 1.54) is 16.5 Å². The van der Waals surface area contributed by atoms with E-state index < -0.39 is 0 Å². The molecule has 0 spiro atoms. The zero-order valence-electron chi connectivity index (χ0n) is 15.5. The Hall–Kier alpha value is -2.53. The molecule has 1 amide bonds. The molecule has 0 radical (unpaired) electrons. The molecular formula is C21H26N4O. The fourth-order valence-corrected chi connectivity index (χ4v) is 3.91. The summed E-state index contributed by atoms with van der Waals surface area (Å²) in [5.41, 5.74) is 4.35. The maximum absolute atomic E-state index is 12.8. The van der Waals surface area contributed by atoms with Crippen LogP contribution in [-0.2, 0) is 6.54 Å². The van der Waals surface area contributed by atoms with Crippen LogP contribution in [0.2, 0.25) is 0 Å². The summed E-state index contributed by atoms with van der Waals surface area (Å²) in [5.74, 6) is 0.654. The molecule has 3 heterocycles. The van der Waals surface area contributed by atoms with Gasteiger partial charge in [0.1, 0.15) is 5.69 Å².